The molecule has 0 spiro atoms. The summed E-state index contributed by atoms with van der Waals surface area (Å²) in [4.78, 5) is 19.8. The second-order valence-corrected chi connectivity index (χ2v) is 7.50. The van der Waals surface area contributed by atoms with Crippen LogP contribution in [0.3, 0.4) is 0 Å². The highest BCUT2D eigenvalue weighted by molar-refractivity contribution is 5.99. The average molecular weight is 327 g/mol. The second kappa shape index (κ2) is 7.14. The molecule has 130 valence electrons. The Kier molecular flexibility index (Phi) is 4.74. The highest BCUT2D eigenvalue weighted by atomic mass is 16.2. The van der Waals surface area contributed by atoms with Crippen LogP contribution >= 0.6 is 0 Å². The van der Waals surface area contributed by atoms with E-state index in [1.54, 1.807) is 0 Å². The highest BCUT2D eigenvalue weighted by Crippen LogP contribution is 2.37. The number of carbonyl (C=O) groups is 1. The van der Waals surface area contributed by atoms with E-state index in [4.69, 9.17) is 0 Å². The molecule has 0 aromatic heterocycles. The standard InChI is InChI=1S/C20H29N3O/c24-20(16-21-12-6-7-13-21)23-15-14-22(17-8-2-1-3-9-17)18-10-4-5-11-19(18)23/h4-5,10-11,17H,1-3,6-9,12-16H2. The topological polar surface area (TPSA) is 26.8 Å². The molecule has 0 radical (unpaired) electrons. The molecular weight excluding hydrogens is 298 g/mol. The minimum Gasteiger partial charge on any atom is -0.365 e. The first-order valence-corrected chi connectivity index (χ1v) is 9.71. The third kappa shape index (κ3) is 3.16. The maximum Gasteiger partial charge on any atom is 0.241 e. The lowest BCUT2D eigenvalue weighted by Gasteiger charge is -2.43. The molecule has 0 bridgehead atoms. The van der Waals surface area contributed by atoms with Gasteiger partial charge in [0.25, 0.3) is 0 Å². The van der Waals surface area contributed by atoms with E-state index < -0.39 is 0 Å². The molecule has 1 aliphatic carbocycles. The zero-order valence-corrected chi connectivity index (χ0v) is 14.6. The number of amides is 1. The van der Waals surface area contributed by atoms with Crippen LogP contribution in [0.1, 0.15) is 44.9 Å². The van der Waals surface area contributed by atoms with E-state index in [0.29, 0.717) is 12.6 Å². The summed E-state index contributed by atoms with van der Waals surface area (Å²) in [6, 6.07) is 9.18. The fraction of sp³-hybridized carbons (Fsp3) is 0.650. The van der Waals surface area contributed by atoms with E-state index in [9.17, 15) is 4.79 Å². The molecule has 1 saturated carbocycles. The molecule has 1 saturated heterocycles. The molecule has 24 heavy (non-hydrogen) atoms. The SMILES string of the molecule is O=C(CN1CCCC1)N1CCN(C2CCCCC2)c2ccccc21. The summed E-state index contributed by atoms with van der Waals surface area (Å²) in [6.07, 6.45) is 9.15. The van der Waals surface area contributed by atoms with Crippen LogP contribution in [0.4, 0.5) is 11.4 Å². The summed E-state index contributed by atoms with van der Waals surface area (Å²) in [7, 11) is 0. The van der Waals surface area contributed by atoms with Gasteiger partial charge in [0, 0.05) is 19.1 Å². The summed E-state index contributed by atoms with van der Waals surface area (Å²) in [5.41, 5.74) is 2.39. The molecule has 2 fully saturated rings. The normalized spacial score (nSPS) is 22.7. The zero-order valence-electron chi connectivity index (χ0n) is 14.6. The number of hydrogen-bond acceptors (Lipinski definition) is 3. The number of para-hydroxylation sites is 2. The smallest absolute Gasteiger partial charge is 0.241 e. The van der Waals surface area contributed by atoms with Crippen molar-refractivity contribution in [1.29, 1.82) is 0 Å². The third-order valence-corrected chi connectivity index (χ3v) is 5.92. The van der Waals surface area contributed by atoms with E-state index in [-0.39, 0.29) is 5.91 Å². The first-order valence-electron chi connectivity index (χ1n) is 9.71. The van der Waals surface area contributed by atoms with Gasteiger partial charge in [0.05, 0.1) is 17.9 Å². The van der Waals surface area contributed by atoms with Gasteiger partial charge in [-0.15, -0.1) is 0 Å². The Bertz CT molecular complexity index is 576. The quantitative estimate of drug-likeness (QED) is 0.852. The minimum absolute atomic E-state index is 0.271. The molecular formula is C20H29N3O. The number of rotatable bonds is 3. The van der Waals surface area contributed by atoms with Crippen LogP contribution in [0.5, 0.6) is 0 Å². The number of benzene rings is 1. The zero-order chi connectivity index (χ0) is 16.4. The molecule has 1 aromatic carbocycles. The van der Waals surface area contributed by atoms with Crippen LogP contribution in [-0.4, -0.2) is 49.6 Å². The van der Waals surface area contributed by atoms with Gasteiger partial charge in [-0.2, -0.15) is 0 Å². The van der Waals surface area contributed by atoms with Gasteiger partial charge in [-0.1, -0.05) is 31.4 Å². The lowest BCUT2D eigenvalue weighted by Crippen LogP contribution is -2.50. The van der Waals surface area contributed by atoms with Gasteiger partial charge in [0.2, 0.25) is 5.91 Å². The van der Waals surface area contributed by atoms with Crippen LogP contribution in [-0.2, 0) is 4.79 Å². The van der Waals surface area contributed by atoms with Crippen molar-refractivity contribution in [1.82, 2.24) is 4.90 Å². The van der Waals surface area contributed by atoms with E-state index in [1.807, 2.05) is 4.90 Å². The summed E-state index contributed by atoms with van der Waals surface area (Å²) in [6.45, 7) is 4.55. The van der Waals surface area contributed by atoms with E-state index in [0.717, 1.165) is 31.9 Å². The number of nitrogens with zero attached hydrogens (tertiary/aromatic N) is 3. The van der Waals surface area contributed by atoms with Crippen molar-refractivity contribution in [3.8, 4) is 0 Å². The lowest BCUT2D eigenvalue weighted by atomic mass is 9.93. The Morgan fingerprint density at radius 3 is 2.33 bits per heavy atom. The molecule has 0 unspecified atom stereocenters. The van der Waals surface area contributed by atoms with Crippen molar-refractivity contribution in [3.05, 3.63) is 24.3 Å². The van der Waals surface area contributed by atoms with Crippen LogP contribution in [0.25, 0.3) is 0 Å². The van der Waals surface area contributed by atoms with Crippen LogP contribution in [0.2, 0.25) is 0 Å². The van der Waals surface area contributed by atoms with Gasteiger partial charge in [0.15, 0.2) is 0 Å². The van der Waals surface area contributed by atoms with Gasteiger partial charge in [-0.3, -0.25) is 9.69 Å². The largest absolute Gasteiger partial charge is 0.365 e. The summed E-state index contributed by atoms with van der Waals surface area (Å²) in [5, 5.41) is 0. The molecule has 4 rings (SSSR count). The van der Waals surface area contributed by atoms with Gasteiger partial charge in [0.1, 0.15) is 0 Å². The fourth-order valence-corrected chi connectivity index (χ4v) is 4.63. The first kappa shape index (κ1) is 15.9. The van der Waals surface area contributed by atoms with Crippen LogP contribution in [0.15, 0.2) is 24.3 Å². The summed E-state index contributed by atoms with van der Waals surface area (Å²) in [5.74, 6) is 0.271. The molecule has 4 heteroatoms. The van der Waals surface area contributed by atoms with Crippen molar-refractivity contribution in [2.24, 2.45) is 0 Å². The van der Waals surface area contributed by atoms with Gasteiger partial charge in [-0.05, 0) is 50.9 Å². The van der Waals surface area contributed by atoms with Crippen LogP contribution < -0.4 is 9.80 Å². The van der Waals surface area contributed by atoms with Crippen molar-refractivity contribution in [2.45, 2.75) is 51.0 Å². The van der Waals surface area contributed by atoms with E-state index in [1.165, 1.54) is 50.6 Å². The highest BCUT2D eigenvalue weighted by Gasteiger charge is 2.31. The Balaban J connectivity index is 1.53. The Labute approximate surface area is 145 Å². The van der Waals surface area contributed by atoms with Gasteiger partial charge >= 0.3 is 0 Å². The number of fused-ring (bicyclic) bond motifs is 1. The Morgan fingerprint density at radius 1 is 0.875 bits per heavy atom. The van der Waals surface area contributed by atoms with Crippen LogP contribution in [0, 0.1) is 0 Å². The van der Waals surface area contributed by atoms with Crippen molar-refractivity contribution < 1.29 is 4.79 Å². The van der Waals surface area contributed by atoms with Crippen molar-refractivity contribution in [3.63, 3.8) is 0 Å². The van der Waals surface area contributed by atoms with E-state index in [2.05, 4.69) is 34.1 Å². The predicted molar refractivity (Wildman–Crippen MR) is 98.7 cm³/mol. The molecule has 1 aromatic rings. The fourth-order valence-electron chi connectivity index (χ4n) is 4.63. The Hall–Kier alpha value is -1.55. The minimum atomic E-state index is 0.271. The second-order valence-electron chi connectivity index (χ2n) is 7.50. The molecule has 0 atom stereocenters. The summed E-state index contributed by atoms with van der Waals surface area (Å²) < 4.78 is 0. The van der Waals surface area contributed by atoms with E-state index >= 15 is 0 Å². The first-order chi connectivity index (χ1) is 11.8. The number of likely N-dealkylation sites (tertiary alicyclic amines) is 1. The lowest BCUT2D eigenvalue weighted by molar-refractivity contribution is -0.119. The monoisotopic (exact) mass is 327 g/mol. The third-order valence-electron chi connectivity index (χ3n) is 5.92. The molecule has 0 N–H and O–H groups in total. The van der Waals surface area contributed by atoms with Gasteiger partial charge in [-0.25, -0.2) is 0 Å². The van der Waals surface area contributed by atoms with Crippen molar-refractivity contribution in [2.75, 3.05) is 42.5 Å². The van der Waals surface area contributed by atoms with Crippen molar-refractivity contribution >= 4 is 17.3 Å². The molecule has 2 heterocycles. The predicted octanol–water partition coefficient (Wildman–Crippen LogP) is 3.27. The number of carbonyl (C=O) groups excluding carboxylic acids is 1. The Morgan fingerprint density at radius 2 is 1.58 bits per heavy atom. The molecule has 2 aliphatic heterocycles. The average Bonchev–Trinajstić information content (AvgIpc) is 3.14. The summed E-state index contributed by atoms with van der Waals surface area (Å²) >= 11 is 0. The molecule has 4 nitrogen and oxygen atoms in total. The number of anilines is 2. The van der Waals surface area contributed by atoms with Gasteiger partial charge < -0.3 is 9.80 Å². The maximum atomic E-state index is 12.9. The molecule has 3 aliphatic rings. The maximum absolute atomic E-state index is 12.9. The molecule has 1 amide bonds. The number of hydrogen-bond donors (Lipinski definition) is 0.